The summed E-state index contributed by atoms with van der Waals surface area (Å²) < 4.78 is 33.3. The molecule has 3 aliphatic rings. The highest BCUT2D eigenvalue weighted by Crippen LogP contribution is 2.61. The van der Waals surface area contributed by atoms with Crippen molar-refractivity contribution >= 4 is 21.6 Å². The number of halogens is 1. The summed E-state index contributed by atoms with van der Waals surface area (Å²) in [6.07, 6.45) is 1.88. The number of fused-ring (bicyclic) bond motifs is 8. The minimum absolute atomic E-state index is 0.0947. The molecule has 2 aliphatic carbocycles. The molecule has 8 heteroatoms. The van der Waals surface area contributed by atoms with Gasteiger partial charge in [-0.2, -0.15) is 0 Å². The Morgan fingerprint density at radius 3 is 2.49 bits per heavy atom. The van der Waals surface area contributed by atoms with E-state index in [1.807, 2.05) is 6.07 Å². The van der Waals surface area contributed by atoms with E-state index in [2.05, 4.69) is 46.0 Å². The molecule has 6 rings (SSSR count). The van der Waals surface area contributed by atoms with Gasteiger partial charge in [0.2, 0.25) is 10.0 Å². The van der Waals surface area contributed by atoms with Gasteiger partial charge in [-0.3, -0.25) is 0 Å². The Balaban J connectivity index is 1.31. The van der Waals surface area contributed by atoms with Crippen molar-refractivity contribution in [1.29, 1.82) is 0 Å². The van der Waals surface area contributed by atoms with E-state index in [1.165, 1.54) is 42.5 Å². The Kier molecular flexibility index (Phi) is 5.93. The van der Waals surface area contributed by atoms with Crippen LogP contribution >= 0.6 is 11.6 Å². The smallest absolute Gasteiger partial charge is 0.240 e. The molecule has 1 fully saturated rings. The zero-order valence-electron chi connectivity index (χ0n) is 21.0. The van der Waals surface area contributed by atoms with Crippen LogP contribution in [-0.4, -0.2) is 52.2 Å². The van der Waals surface area contributed by atoms with Crippen LogP contribution in [0.5, 0.6) is 5.75 Å². The van der Waals surface area contributed by atoms with Crippen LogP contribution in [-0.2, 0) is 21.0 Å². The van der Waals surface area contributed by atoms with Crippen molar-refractivity contribution in [1.82, 2.24) is 9.62 Å². The first-order valence-corrected chi connectivity index (χ1v) is 14.5. The molecule has 1 saturated heterocycles. The second kappa shape index (κ2) is 8.82. The fraction of sp³-hybridized carbons (Fsp3) is 0.379. The standard InChI is InChI=1S/C29H31ClN2O4S/c1-31-37(34,35)27-10-8-20(36-2)16-26(27)29(33)11-13-32(14-12-29)18-28-17-23(21-5-3-4-6-24(21)28)22-9-7-19(30)15-25(22)28/h3-10,15-16,23,31,33H,11-14,17-18H2,1-2H3. The summed E-state index contributed by atoms with van der Waals surface area (Å²) in [5, 5.41) is 12.5. The molecule has 0 spiro atoms. The summed E-state index contributed by atoms with van der Waals surface area (Å²) in [5.41, 5.74) is 4.47. The summed E-state index contributed by atoms with van der Waals surface area (Å²) in [7, 11) is -0.824. The topological polar surface area (TPSA) is 78.9 Å². The number of likely N-dealkylation sites (tertiary alicyclic amines) is 1. The molecule has 1 aliphatic heterocycles. The lowest BCUT2D eigenvalue weighted by Gasteiger charge is -2.43. The average molecular weight is 539 g/mol. The molecule has 0 saturated carbocycles. The monoisotopic (exact) mass is 538 g/mol. The molecule has 2 N–H and O–H groups in total. The number of nitrogens with zero attached hydrogens (tertiary/aromatic N) is 1. The van der Waals surface area contributed by atoms with Crippen LogP contribution in [0.3, 0.4) is 0 Å². The Bertz CT molecular complexity index is 1480. The summed E-state index contributed by atoms with van der Waals surface area (Å²) in [6, 6.07) is 19.8. The number of sulfonamides is 1. The van der Waals surface area contributed by atoms with Crippen LogP contribution in [0, 0.1) is 0 Å². The molecule has 37 heavy (non-hydrogen) atoms. The number of piperidine rings is 1. The van der Waals surface area contributed by atoms with E-state index in [-0.39, 0.29) is 10.3 Å². The SMILES string of the molecule is CNS(=O)(=O)c1ccc(OC)cc1C1(O)CCN(CC23CC(c4ccccc42)c2ccc(Cl)cc23)CC1. The number of hydrogen-bond donors (Lipinski definition) is 2. The highest BCUT2D eigenvalue weighted by molar-refractivity contribution is 7.89. The maximum absolute atomic E-state index is 12.8. The second-order valence-corrected chi connectivity index (χ2v) is 12.8. The van der Waals surface area contributed by atoms with Crippen molar-refractivity contribution in [2.45, 2.75) is 41.1 Å². The van der Waals surface area contributed by atoms with Gasteiger partial charge in [0.1, 0.15) is 5.75 Å². The van der Waals surface area contributed by atoms with E-state index < -0.39 is 15.6 Å². The molecule has 0 amide bonds. The Hall–Kier alpha value is -2.42. The van der Waals surface area contributed by atoms with E-state index in [0.29, 0.717) is 43.2 Å². The maximum atomic E-state index is 12.8. The van der Waals surface area contributed by atoms with Crippen LogP contribution in [0.15, 0.2) is 65.6 Å². The van der Waals surface area contributed by atoms with Crippen molar-refractivity contribution in [3.05, 3.63) is 93.5 Å². The van der Waals surface area contributed by atoms with Crippen molar-refractivity contribution < 1.29 is 18.3 Å². The number of nitrogens with one attached hydrogen (secondary N) is 1. The van der Waals surface area contributed by atoms with Gasteiger partial charge in [-0.15, -0.1) is 0 Å². The van der Waals surface area contributed by atoms with Crippen LogP contribution in [0.25, 0.3) is 0 Å². The fourth-order valence-corrected chi connectivity index (χ4v) is 8.07. The van der Waals surface area contributed by atoms with E-state index in [0.717, 1.165) is 18.0 Å². The third-order valence-corrected chi connectivity index (χ3v) is 10.4. The molecule has 6 nitrogen and oxygen atoms in total. The van der Waals surface area contributed by atoms with Gasteiger partial charge in [-0.1, -0.05) is 41.9 Å². The summed E-state index contributed by atoms with van der Waals surface area (Å²) in [5.74, 6) is 0.907. The number of ether oxygens (including phenoxy) is 1. The van der Waals surface area contributed by atoms with Crippen molar-refractivity contribution in [3.63, 3.8) is 0 Å². The highest BCUT2D eigenvalue weighted by atomic mass is 35.5. The number of methoxy groups -OCH3 is 1. The molecule has 0 radical (unpaired) electrons. The molecule has 2 atom stereocenters. The average Bonchev–Trinajstić information content (AvgIpc) is 3.41. The van der Waals surface area contributed by atoms with Gasteiger partial charge in [-0.05, 0) is 78.9 Å². The summed E-state index contributed by atoms with van der Waals surface area (Å²) >= 11 is 6.47. The molecular weight excluding hydrogens is 508 g/mol. The van der Waals surface area contributed by atoms with Crippen LogP contribution in [0.1, 0.15) is 53.0 Å². The van der Waals surface area contributed by atoms with Gasteiger partial charge < -0.3 is 14.7 Å². The number of hydrogen-bond acceptors (Lipinski definition) is 5. The Morgan fingerprint density at radius 1 is 1.03 bits per heavy atom. The van der Waals surface area contributed by atoms with Crippen LogP contribution in [0.2, 0.25) is 5.02 Å². The first-order valence-electron chi connectivity index (χ1n) is 12.7. The lowest BCUT2D eigenvalue weighted by molar-refractivity contribution is -0.0312. The Labute approximate surface area is 223 Å². The summed E-state index contributed by atoms with van der Waals surface area (Å²) in [6.45, 7) is 2.14. The van der Waals surface area contributed by atoms with Gasteiger partial charge in [-0.25, -0.2) is 13.1 Å². The van der Waals surface area contributed by atoms with E-state index in [1.54, 1.807) is 12.1 Å². The normalized spacial score (nSPS) is 24.1. The van der Waals surface area contributed by atoms with Crippen molar-refractivity contribution in [3.8, 4) is 5.75 Å². The van der Waals surface area contributed by atoms with Gasteiger partial charge in [0.05, 0.1) is 17.6 Å². The van der Waals surface area contributed by atoms with Crippen molar-refractivity contribution in [2.75, 3.05) is 33.8 Å². The minimum atomic E-state index is -3.74. The van der Waals surface area contributed by atoms with Crippen LogP contribution < -0.4 is 9.46 Å². The third kappa shape index (κ3) is 3.82. The zero-order chi connectivity index (χ0) is 26.0. The first-order chi connectivity index (χ1) is 17.7. The Morgan fingerprint density at radius 2 is 1.76 bits per heavy atom. The third-order valence-electron chi connectivity index (χ3n) is 8.73. The molecule has 2 unspecified atom stereocenters. The van der Waals surface area contributed by atoms with Gasteiger partial charge >= 0.3 is 0 Å². The lowest BCUT2D eigenvalue weighted by Crippen LogP contribution is -2.48. The fourth-order valence-electron chi connectivity index (χ4n) is 6.90. The maximum Gasteiger partial charge on any atom is 0.240 e. The first kappa shape index (κ1) is 24.9. The van der Waals surface area contributed by atoms with Gasteiger partial charge in [0, 0.05) is 41.6 Å². The quantitative estimate of drug-likeness (QED) is 0.487. The predicted octanol–water partition coefficient (Wildman–Crippen LogP) is 4.38. The highest BCUT2D eigenvalue weighted by Gasteiger charge is 2.53. The number of rotatable bonds is 6. The van der Waals surface area contributed by atoms with Gasteiger partial charge in [0.25, 0.3) is 0 Å². The molecule has 3 aromatic rings. The molecule has 194 valence electrons. The molecular formula is C29H31ClN2O4S. The summed E-state index contributed by atoms with van der Waals surface area (Å²) in [4.78, 5) is 2.51. The zero-order valence-corrected chi connectivity index (χ0v) is 22.6. The van der Waals surface area contributed by atoms with E-state index in [9.17, 15) is 13.5 Å². The second-order valence-electron chi connectivity index (χ2n) is 10.5. The van der Waals surface area contributed by atoms with Crippen molar-refractivity contribution in [2.24, 2.45) is 0 Å². The predicted molar refractivity (Wildman–Crippen MR) is 144 cm³/mol. The van der Waals surface area contributed by atoms with Crippen LogP contribution in [0.4, 0.5) is 0 Å². The number of aliphatic hydroxyl groups is 1. The van der Waals surface area contributed by atoms with E-state index >= 15 is 0 Å². The molecule has 0 aromatic heterocycles. The molecule has 1 heterocycles. The molecule has 2 bridgehead atoms. The largest absolute Gasteiger partial charge is 0.497 e. The molecule has 3 aromatic carbocycles. The van der Waals surface area contributed by atoms with Gasteiger partial charge in [0.15, 0.2) is 0 Å². The minimum Gasteiger partial charge on any atom is -0.497 e. The van der Waals surface area contributed by atoms with E-state index in [4.69, 9.17) is 16.3 Å². The lowest BCUT2D eigenvalue weighted by atomic mass is 9.74. The number of benzene rings is 3.